The van der Waals surface area contributed by atoms with Crippen molar-refractivity contribution < 1.29 is 19.8 Å². The zero-order valence-corrected chi connectivity index (χ0v) is 15.5. The Morgan fingerprint density at radius 1 is 1.04 bits per heavy atom. The standard InChI is InChI=1S/C21H28N2O4/c24-17-4-2-1-3-16(17)19(26)23-6-5-22-18(25)12-20-8-14-7-15(9-20)11-21(27,10-14)13-20/h1-4,14-15,24,27H,5-13H2,(H,22,25)(H,23,26). The molecule has 0 heterocycles. The summed E-state index contributed by atoms with van der Waals surface area (Å²) < 4.78 is 0. The molecule has 146 valence electrons. The first kappa shape index (κ1) is 18.3. The number of hydrogen-bond acceptors (Lipinski definition) is 4. The molecule has 0 spiro atoms. The van der Waals surface area contributed by atoms with E-state index in [4.69, 9.17) is 0 Å². The van der Waals surface area contributed by atoms with Crippen LogP contribution in [0.1, 0.15) is 55.3 Å². The van der Waals surface area contributed by atoms with E-state index in [1.54, 1.807) is 18.2 Å². The summed E-state index contributed by atoms with van der Waals surface area (Å²) in [4.78, 5) is 24.5. The topological polar surface area (TPSA) is 98.7 Å². The van der Waals surface area contributed by atoms with Crippen molar-refractivity contribution in [2.45, 2.75) is 50.5 Å². The molecule has 4 fully saturated rings. The Morgan fingerprint density at radius 2 is 1.70 bits per heavy atom. The Labute approximate surface area is 159 Å². The largest absolute Gasteiger partial charge is 0.507 e. The molecule has 1 aromatic carbocycles. The van der Waals surface area contributed by atoms with Crippen molar-refractivity contribution >= 4 is 11.8 Å². The van der Waals surface area contributed by atoms with Crippen LogP contribution in [-0.2, 0) is 4.79 Å². The number of benzene rings is 1. The third-order valence-corrected chi connectivity index (χ3v) is 6.57. The van der Waals surface area contributed by atoms with Gasteiger partial charge in [0.15, 0.2) is 0 Å². The molecule has 4 N–H and O–H groups in total. The molecule has 6 nitrogen and oxygen atoms in total. The van der Waals surface area contributed by atoms with E-state index >= 15 is 0 Å². The molecule has 2 unspecified atom stereocenters. The molecule has 4 saturated carbocycles. The quantitative estimate of drug-likeness (QED) is 0.574. The second-order valence-corrected chi connectivity index (χ2v) is 8.99. The molecule has 4 aliphatic carbocycles. The summed E-state index contributed by atoms with van der Waals surface area (Å²) in [5, 5.41) is 26.1. The number of amides is 2. The molecule has 2 atom stereocenters. The van der Waals surface area contributed by atoms with E-state index in [1.807, 2.05) is 0 Å². The van der Waals surface area contributed by atoms with Crippen LogP contribution in [-0.4, -0.2) is 40.7 Å². The van der Waals surface area contributed by atoms with E-state index in [1.165, 1.54) is 12.5 Å². The van der Waals surface area contributed by atoms with Gasteiger partial charge < -0.3 is 20.8 Å². The van der Waals surface area contributed by atoms with Gasteiger partial charge in [-0.15, -0.1) is 0 Å². The molecule has 2 amide bonds. The number of carbonyl (C=O) groups is 2. The lowest BCUT2D eigenvalue weighted by Crippen LogP contribution is -2.56. The van der Waals surface area contributed by atoms with Crippen molar-refractivity contribution in [3.8, 4) is 5.75 Å². The lowest BCUT2D eigenvalue weighted by atomic mass is 9.47. The summed E-state index contributed by atoms with van der Waals surface area (Å²) in [5.41, 5.74) is -0.358. The monoisotopic (exact) mass is 372 g/mol. The van der Waals surface area contributed by atoms with Crippen LogP contribution in [0.15, 0.2) is 24.3 Å². The highest BCUT2D eigenvalue weighted by molar-refractivity contribution is 5.96. The average Bonchev–Trinajstić information content (AvgIpc) is 2.56. The molecule has 27 heavy (non-hydrogen) atoms. The number of aliphatic hydroxyl groups is 1. The Balaban J connectivity index is 1.24. The predicted molar refractivity (Wildman–Crippen MR) is 100 cm³/mol. The molecule has 0 saturated heterocycles. The molecule has 0 aromatic heterocycles. The first-order valence-corrected chi connectivity index (χ1v) is 9.92. The summed E-state index contributed by atoms with van der Waals surface area (Å²) in [6.07, 6.45) is 6.37. The third kappa shape index (κ3) is 3.81. The van der Waals surface area contributed by atoms with Crippen molar-refractivity contribution in [3.63, 3.8) is 0 Å². The molecular formula is C21H28N2O4. The van der Waals surface area contributed by atoms with Gasteiger partial charge >= 0.3 is 0 Å². The van der Waals surface area contributed by atoms with E-state index in [0.717, 1.165) is 32.1 Å². The number of para-hydroxylation sites is 1. The van der Waals surface area contributed by atoms with Crippen LogP contribution in [0, 0.1) is 17.3 Å². The van der Waals surface area contributed by atoms with E-state index in [2.05, 4.69) is 10.6 Å². The zero-order valence-electron chi connectivity index (χ0n) is 15.5. The van der Waals surface area contributed by atoms with Crippen molar-refractivity contribution in [3.05, 3.63) is 29.8 Å². The Morgan fingerprint density at radius 3 is 2.37 bits per heavy atom. The maximum Gasteiger partial charge on any atom is 0.255 e. The minimum Gasteiger partial charge on any atom is -0.507 e. The fourth-order valence-corrected chi connectivity index (χ4v) is 6.15. The van der Waals surface area contributed by atoms with Gasteiger partial charge in [0, 0.05) is 19.5 Å². The highest BCUT2D eigenvalue weighted by Gasteiger charge is 2.57. The van der Waals surface area contributed by atoms with Gasteiger partial charge in [-0.05, 0) is 67.9 Å². The van der Waals surface area contributed by atoms with Gasteiger partial charge in [0.2, 0.25) is 5.91 Å². The van der Waals surface area contributed by atoms with Crippen molar-refractivity contribution in [2.75, 3.05) is 13.1 Å². The van der Waals surface area contributed by atoms with Crippen LogP contribution >= 0.6 is 0 Å². The summed E-state index contributed by atoms with van der Waals surface area (Å²) in [5.74, 6) is 0.727. The fraction of sp³-hybridized carbons (Fsp3) is 0.619. The number of aromatic hydroxyl groups is 1. The van der Waals surface area contributed by atoms with Crippen LogP contribution in [0.2, 0.25) is 0 Å². The maximum atomic E-state index is 12.5. The zero-order chi connectivity index (χ0) is 19.1. The SMILES string of the molecule is O=C(CC12CC3CC(CC(O)(C3)C1)C2)NCCNC(=O)c1ccccc1O. The normalized spacial score (nSPS) is 33.7. The van der Waals surface area contributed by atoms with Gasteiger partial charge in [-0.3, -0.25) is 9.59 Å². The van der Waals surface area contributed by atoms with Gasteiger partial charge in [0.1, 0.15) is 5.75 Å². The molecule has 0 aliphatic heterocycles. The lowest BCUT2D eigenvalue weighted by molar-refractivity contribution is -0.169. The van der Waals surface area contributed by atoms with Crippen molar-refractivity contribution in [1.29, 1.82) is 0 Å². The van der Waals surface area contributed by atoms with Gasteiger partial charge in [0.05, 0.1) is 11.2 Å². The summed E-state index contributed by atoms with van der Waals surface area (Å²) in [6, 6.07) is 6.38. The number of hydrogen-bond donors (Lipinski definition) is 4. The van der Waals surface area contributed by atoms with Crippen LogP contribution in [0.25, 0.3) is 0 Å². The van der Waals surface area contributed by atoms with Crippen LogP contribution < -0.4 is 10.6 Å². The second-order valence-electron chi connectivity index (χ2n) is 8.99. The van der Waals surface area contributed by atoms with Gasteiger partial charge in [-0.1, -0.05) is 12.1 Å². The van der Waals surface area contributed by atoms with Crippen LogP contribution in [0.4, 0.5) is 0 Å². The Bertz CT molecular complexity index is 733. The predicted octanol–water partition coefficient (Wildman–Crippen LogP) is 1.96. The summed E-state index contributed by atoms with van der Waals surface area (Å²) in [6.45, 7) is 0.659. The first-order chi connectivity index (χ1) is 12.9. The number of rotatable bonds is 6. The first-order valence-electron chi connectivity index (χ1n) is 9.92. The Hall–Kier alpha value is -2.08. The number of phenols is 1. The maximum absolute atomic E-state index is 12.5. The van der Waals surface area contributed by atoms with Crippen molar-refractivity contribution in [1.82, 2.24) is 10.6 Å². The van der Waals surface area contributed by atoms with Crippen molar-refractivity contribution in [2.24, 2.45) is 17.3 Å². The van der Waals surface area contributed by atoms with Gasteiger partial charge in [-0.25, -0.2) is 0 Å². The number of nitrogens with one attached hydrogen (secondary N) is 2. The third-order valence-electron chi connectivity index (χ3n) is 6.57. The smallest absolute Gasteiger partial charge is 0.255 e. The molecule has 1 aromatic rings. The van der Waals surface area contributed by atoms with E-state index in [9.17, 15) is 19.8 Å². The summed E-state index contributed by atoms with van der Waals surface area (Å²) in [7, 11) is 0. The van der Waals surface area contributed by atoms with E-state index < -0.39 is 5.60 Å². The Kier molecular flexibility index (Phi) is 4.62. The number of phenolic OH excluding ortho intramolecular Hbond substituents is 1. The molecule has 4 aliphatic rings. The fourth-order valence-electron chi connectivity index (χ4n) is 6.15. The minimum atomic E-state index is -0.546. The molecule has 0 radical (unpaired) electrons. The lowest BCUT2D eigenvalue weighted by Gasteiger charge is -2.60. The molecule has 5 rings (SSSR count). The molecular weight excluding hydrogens is 344 g/mol. The minimum absolute atomic E-state index is 0.00245. The molecule has 6 heteroatoms. The summed E-state index contributed by atoms with van der Waals surface area (Å²) >= 11 is 0. The average molecular weight is 372 g/mol. The van der Waals surface area contributed by atoms with Crippen LogP contribution in [0.5, 0.6) is 5.75 Å². The van der Waals surface area contributed by atoms with E-state index in [-0.39, 0.29) is 28.5 Å². The molecule has 4 bridgehead atoms. The highest BCUT2D eigenvalue weighted by atomic mass is 16.3. The highest BCUT2D eigenvalue weighted by Crippen LogP contribution is 2.62. The second kappa shape index (κ2) is 6.82. The van der Waals surface area contributed by atoms with Crippen LogP contribution in [0.3, 0.4) is 0 Å². The van der Waals surface area contributed by atoms with E-state index in [0.29, 0.717) is 31.3 Å². The number of carbonyl (C=O) groups excluding carboxylic acids is 2. The van der Waals surface area contributed by atoms with Gasteiger partial charge in [0.25, 0.3) is 5.91 Å². The van der Waals surface area contributed by atoms with Gasteiger partial charge in [-0.2, -0.15) is 0 Å².